The van der Waals surface area contributed by atoms with Crippen molar-refractivity contribution in [1.29, 1.82) is 0 Å². The Hall–Kier alpha value is -1.47. The minimum Gasteiger partial charge on any atom is -0.465 e. The van der Waals surface area contributed by atoms with Crippen molar-refractivity contribution in [2.75, 3.05) is 13.2 Å². The maximum absolute atomic E-state index is 11.8. The van der Waals surface area contributed by atoms with Crippen LogP contribution in [0.5, 0.6) is 0 Å². The number of aliphatic hydroxyl groups is 1. The Labute approximate surface area is 115 Å². The molecule has 0 spiro atoms. The number of rotatable bonds is 6. The smallest absolute Gasteiger partial charge is 0.323 e. The highest BCUT2D eigenvalue weighted by molar-refractivity contribution is 7.09. The topological polar surface area (TPSA) is 85.7 Å². The molecule has 0 radical (unpaired) electrons. The number of ether oxygens (including phenoxy) is 2. The van der Waals surface area contributed by atoms with E-state index in [9.17, 15) is 14.7 Å². The quantitative estimate of drug-likeness (QED) is 0.625. The zero-order valence-corrected chi connectivity index (χ0v) is 11.9. The Morgan fingerprint density at radius 2 is 1.84 bits per heavy atom. The number of carbonyl (C=O) groups is 2. The van der Waals surface area contributed by atoms with E-state index in [4.69, 9.17) is 9.47 Å². The fourth-order valence-corrected chi connectivity index (χ4v) is 2.28. The molecule has 19 heavy (non-hydrogen) atoms. The molecule has 0 saturated heterocycles. The van der Waals surface area contributed by atoms with E-state index < -0.39 is 24.0 Å². The molecule has 1 N–H and O–H groups in total. The number of aromatic nitrogens is 1. The third-order valence-corrected chi connectivity index (χ3v) is 3.32. The molecule has 1 atom stereocenters. The van der Waals surface area contributed by atoms with Gasteiger partial charge >= 0.3 is 11.9 Å². The molecule has 0 aliphatic heterocycles. The van der Waals surface area contributed by atoms with Gasteiger partial charge in [-0.2, -0.15) is 0 Å². The second-order valence-corrected chi connectivity index (χ2v) is 4.64. The largest absolute Gasteiger partial charge is 0.465 e. The van der Waals surface area contributed by atoms with E-state index >= 15 is 0 Å². The fraction of sp³-hybridized carbons (Fsp3) is 0.583. The molecule has 1 unspecified atom stereocenters. The van der Waals surface area contributed by atoms with Crippen molar-refractivity contribution in [1.82, 2.24) is 4.98 Å². The summed E-state index contributed by atoms with van der Waals surface area (Å²) in [6.45, 7) is 5.26. The van der Waals surface area contributed by atoms with Gasteiger partial charge in [0.15, 0.2) is 5.92 Å². The van der Waals surface area contributed by atoms with Crippen LogP contribution in [0, 0.1) is 12.8 Å². The SMILES string of the molecule is CCOC(=O)C(C(=O)OCC)C(O)c1nc(C)cs1. The first-order chi connectivity index (χ1) is 9.01. The van der Waals surface area contributed by atoms with E-state index in [1.165, 1.54) is 11.3 Å². The minimum atomic E-state index is -1.40. The maximum Gasteiger partial charge on any atom is 0.323 e. The van der Waals surface area contributed by atoms with Crippen LogP contribution in [0.25, 0.3) is 0 Å². The lowest BCUT2D eigenvalue weighted by molar-refractivity contribution is -0.167. The molecule has 106 valence electrons. The molecule has 0 saturated carbocycles. The van der Waals surface area contributed by atoms with Crippen molar-refractivity contribution in [3.8, 4) is 0 Å². The maximum atomic E-state index is 11.8. The van der Waals surface area contributed by atoms with Crippen molar-refractivity contribution in [3.05, 3.63) is 16.1 Å². The third-order valence-electron chi connectivity index (χ3n) is 2.29. The average Bonchev–Trinajstić information content (AvgIpc) is 2.76. The van der Waals surface area contributed by atoms with Crippen LogP contribution >= 0.6 is 11.3 Å². The summed E-state index contributed by atoms with van der Waals surface area (Å²) in [6, 6.07) is 0. The fourth-order valence-electron chi connectivity index (χ4n) is 1.47. The lowest BCUT2D eigenvalue weighted by Crippen LogP contribution is -2.33. The number of thiazole rings is 1. The highest BCUT2D eigenvalue weighted by Gasteiger charge is 2.38. The van der Waals surface area contributed by atoms with Gasteiger partial charge in [0.1, 0.15) is 11.1 Å². The molecule has 6 nitrogen and oxygen atoms in total. The summed E-state index contributed by atoms with van der Waals surface area (Å²) in [5, 5.41) is 12.2. The van der Waals surface area contributed by atoms with Crippen molar-refractivity contribution < 1.29 is 24.2 Å². The molecule has 0 fully saturated rings. The van der Waals surface area contributed by atoms with Crippen molar-refractivity contribution in [3.63, 3.8) is 0 Å². The van der Waals surface area contributed by atoms with Crippen LogP contribution in [0.1, 0.15) is 30.7 Å². The first-order valence-electron chi connectivity index (χ1n) is 5.94. The molecule has 1 rings (SSSR count). The van der Waals surface area contributed by atoms with Gasteiger partial charge in [0.2, 0.25) is 0 Å². The van der Waals surface area contributed by atoms with Gasteiger partial charge in [-0.3, -0.25) is 9.59 Å². The summed E-state index contributed by atoms with van der Waals surface area (Å²) in [7, 11) is 0. The normalized spacial score (nSPS) is 12.3. The lowest BCUT2D eigenvalue weighted by atomic mass is 10.0. The van der Waals surface area contributed by atoms with Crippen LogP contribution in [0.3, 0.4) is 0 Å². The Morgan fingerprint density at radius 3 is 2.21 bits per heavy atom. The molecule has 1 aromatic rings. The van der Waals surface area contributed by atoms with Gasteiger partial charge in [0, 0.05) is 11.1 Å². The van der Waals surface area contributed by atoms with Gasteiger partial charge in [-0.25, -0.2) is 4.98 Å². The summed E-state index contributed by atoms with van der Waals surface area (Å²) < 4.78 is 9.60. The Kier molecular flexibility index (Phi) is 5.91. The first-order valence-corrected chi connectivity index (χ1v) is 6.82. The molecule has 0 aliphatic rings. The van der Waals surface area contributed by atoms with E-state index in [2.05, 4.69) is 4.98 Å². The van der Waals surface area contributed by atoms with Crippen molar-refractivity contribution >= 4 is 23.3 Å². The molecule has 0 bridgehead atoms. The predicted molar refractivity (Wildman–Crippen MR) is 68.6 cm³/mol. The second kappa shape index (κ2) is 7.20. The summed E-state index contributed by atoms with van der Waals surface area (Å²) in [6.07, 6.45) is -1.35. The molecule has 0 aliphatic carbocycles. The van der Waals surface area contributed by atoms with Gasteiger partial charge in [-0.15, -0.1) is 11.3 Å². The molecule has 1 aromatic heterocycles. The van der Waals surface area contributed by atoms with E-state index in [1.54, 1.807) is 26.2 Å². The van der Waals surface area contributed by atoms with Crippen molar-refractivity contribution in [2.24, 2.45) is 5.92 Å². The molecule has 1 heterocycles. The van der Waals surface area contributed by atoms with E-state index in [-0.39, 0.29) is 13.2 Å². The van der Waals surface area contributed by atoms with Gasteiger partial charge in [-0.05, 0) is 20.8 Å². The van der Waals surface area contributed by atoms with Crippen LogP contribution in [0.2, 0.25) is 0 Å². The van der Waals surface area contributed by atoms with Gasteiger partial charge in [-0.1, -0.05) is 0 Å². The zero-order valence-electron chi connectivity index (χ0n) is 11.1. The number of hydrogen-bond donors (Lipinski definition) is 1. The van der Waals surface area contributed by atoms with Gasteiger partial charge in [0.05, 0.1) is 13.2 Å². The van der Waals surface area contributed by atoms with Gasteiger partial charge in [0.25, 0.3) is 0 Å². The molecule has 0 amide bonds. The minimum absolute atomic E-state index is 0.123. The predicted octanol–water partition coefficient (Wildman–Crippen LogP) is 1.23. The van der Waals surface area contributed by atoms with Crippen LogP contribution in [0.4, 0.5) is 0 Å². The van der Waals surface area contributed by atoms with Crippen LogP contribution in [-0.4, -0.2) is 35.2 Å². The van der Waals surface area contributed by atoms with Crippen LogP contribution in [-0.2, 0) is 19.1 Å². The number of hydrogen-bond acceptors (Lipinski definition) is 7. The summed E-state index contributed by atoms with van der Waals surface area (Å²) in [5.74, 6) is -3.01. The highest BCUT2D eigenvalue weighted by Crippen LogP contribution is 2.27. The molecule has 7 heteroatoms. The monoisotopic (exact) mass is 287 g/mol. The summed E-state index contributed by atoms with van der Waals surface area (Å²) in [4.78, 5) is 27.6. The number of aryl methyl sites for hydroxylation is 1. The van der Waals surface area contributed by atoms with E-state index in [0.717, 1.165) is 0 Å². The summed E-state index contributed by atoms with van der Waals surface area (Å²) in [5.41, 5.74) is 0.713. The standard InChI is InChI=1S/C12H17NO5S/c1-4-17-11(15)8(12(16)18-5-2)9(14)10-13-7(3)6-19-10/h6,8-9,14H,4-5H2,1-3H3. The van der Waals surface area contributed by atoms with Crippen LogP contribution in [0.15, 0.2) is 5.38 Å². The van der Waals surface area contributed by atoms with E-state index in [1.807, 2.05) is 0 Å². The van der Waals surface area contributed by atoms with Gasteiger partial charge < -0.3 is 14.6 Å². The Morgan fingerprint density at radius 1 is 1.32 bits per heavy atom. The average molecular weight is 287 g/mol. The molecule has 0 aromatic carbocycles. The Bertz CT molecular complexity index is 427. The highest BCUT2D eigenvalue weighted by atomic mass is 32.1. The Balaban J connectivity index is 2.95. The van der Waals surface area contributed by atoms with Crippen LogP contribution < -0.4 is 0 Å². The number of esters is 2. The zero-order chi connectivity index (χ0) is 14.4. The van der Waals surface area contributed by atoms with Crippen molar-refractivity contribution in [2.45, 2.75) is 26.9 Å². The van der Waals surface area contributed by atoms with E-state index in [0.29, 0.717) is 10.7 Å². The number of nitrogens with zero attached hydrogens (tertiary/aromatic N) is 1. The molecular formula is C12H17NO5S. The molecular weight excluding hydrogens is 270 g/mol. The lowest BCUT2D eigenvalue weighted by Gasteiger charge is -2.18. The third kappa shape index (κ3) is 4.00. The number of carbonyl (C=O) groups excluding carboxylic acids is 2. The second-order valence-electron chi connectivity index (χ2n) is 3.75. The summed E-state index contributed by atoms with van der Waals surface area (Å²) >= 11 is 1.18. The first kappa shape index (κ1) is 15.6. The number of aliphatic hydroxyl groups excluding tert-OH is 1.